The number of fused-ring (bicyclic) bond motifs is 3. The van der Waals surface area contributed by atoms with Crippen molar-refractivity contribution < 1.29 is 33.0 Å². The molecule has 232 valence electrons. The number of aliphatic carboxylic acids is 1. The molecule has 1 saturated heterocycles. The van der Waals surface area contributed by atoms with E-state index in [1.807, 2.05) is 30.3 Å². The van der Waals surface area contributed by atoms with E-state index in [1.165, 1.54) is 22.3 Å². The van der Waals surface area contributed by atoms with Crippen molar-refractivity contribution in [1.82, 2.24) is 5.16 Å². The molecule has 2 aliphatic rings. The number of ether oxygens (including phenoxy) is 2. The molecule has 0 saturated carbocycles. The largest absolute Gasteiger partial charge is 0.493 e. The van der Waals surface area contributed by atoms with Crippen LogP contribution in [0.2, 0.25) is 0 Å². The van der Waals surface area contributed by atoms with Crippen LogP contribution >= 0.6 is 10.6 Å². The van der Waals surface area contributed by atoms with Crippen molar-refractivity contribution in [2.45, 2.75) is 58.0 Å². The molecule has 3 N–H and O–H groups in total. The summed E-state index contributed by atoms with van der Waals surface area (Å²) in [4.78, 5) is 11.5. The Balaban J connectivity index is 1.12. The average molecular weight is 618 g/mol. The van der Waals surface area contributed by atoms with Gasteiger partial charge in [-0.2, -0.15) is 10.6 Å². The minimum atomic E-state index is -2.37. The van der Waals surface area contributed by atoms with Crippen molar-refractivity contribution in [3.8, 4) is 22.6 Å². The van der Waals surface area contributed by atoms with Crippen LogP contribution in [0.3, 0.4) is 0 Å². The summed E-state index contributed by atoms with van der Waals surface area (Å²) >= 11 is 0. The number of carboxylic acid groups (broad SMARTS) is 1. The molecule has 1 aliphatic carbocycles. The highest BCUT2D eigenvalue weighted by molar-refractivity contribution is 8.24. The lowest BCUT2D eigenvalue weighted by Gasteiger charge is -2.39. The maximum absolute atomic E-state index is 11.5. The molecule has 1 fully saturated rings. The van der Waals surface area contributed by atoms with Gasteiger partial charge in [-0.3, -0.25) is 13.9 Å². The highest BCUT2D eigenvalue weighted by Crippen LogP contribution is 2.45. The topological polar surface area (TPSA) is 122 Å². The van der Waals surface area contributed by atoms with Gasteiger partial charge in [0.05, 0.1) is 18.7 Å². The Morgan fingerprint density at radius 2 is 1.68 bits per heavy atom. The van der Waals surface area contributed by atoms with Crippen LogP contribution in [0.15, 0.2) is 71.3 Å². The first kappa shape index (κ1) is 30.2. The monoisotopic (exact) mass is 617 g/mol. The molecule has 1 aliphatic heterocycles. The average Bonchev–Trinajstić information content (AvgIpc) is 3.36. The van der Waals surface area contributed by atoms with Gasteiger partial charge < -0.3 is 19.1 Å². The number of rotatable bonds is 10. The molecule has 2 heterocycles. The zero-order valence-electron chi connectivity index (χ0n) is 24.9. The standard InChI is InChI=1S/C35H39NO7S/c1-23-17-34(36-43-23)33(20-35(37)38)27-7-9-29(10-8-27)41-22-25-5-6-26-3-2-4-28-19-30(11-12-31(28)32(26)18-25)42-21-24-13-15-44(39,40)16-14-24/h5-12,17-19,24,33,39-40H,2-4,13-16,20-22H2,1H3,(H,37,38)/t33-/m0/s1. The van der Waals surface area contributed by atoms with Crippen molar-refractivity contribution in [3.05, 3.63) is 100 Å². The van der Waals surface area contributed by atoms with Crippen LogP contribution in [0.1, 0.15) is 65.3 Å². The molecule has 3 aromatic carbocycles. The van der Waals surface area contributed by atoms with Gasteiger partial charge in [0, 0.05) is 23.5 Å². The Labute approximate surface area is 259 Å². The first-order valence-corrected chi connectivity index (χ1v) is 17.1. The summed E-state index contributed by atoms with van der Waals surface area (Å²) in [6.45, 7) is 2.81. The van der Waals surface area contributed by atoms with E-state index in [0.717, 1.165) is 49.0 Å². The SMILES string of the molecule is Cc1cc([C@@H](CC(=O)O)c2ccc(OCc3ccc4c(c3)-c3ccc(OCC5CCS(O)(O)CC5)cc3CCC4)cc2)no1. The van der Waals surface area contributed by atoms with E-state index in [4.69, 9.17) is 14.0 Å². The fourth-order valence-corrected chi connectivity index (χ4v) is 7.83. The van der Waals surface area contributed by atoms with Gasteiger partial charge in [0.15, 0.2) is 0 Å². The van der Waals surface area contributed by atoms with Crippen molar-refractivity contribution in [2.75, 3.05) is 18.1 Å². The minimum absolute atomic E-state index is 0.0759. The fraction of sp³-hybridized carbons (Fsp3) is 0.371. The van der Waals surface area contributed by atoms with E-state index in [9.17, 15) is 19.0 Å². The van der Waals surface area contributed by atoms with Crippen LogP contribution < -0.4 is 9.47 Å². The number of benzene rings is 3. The summed E-state index contributed by atoms with van der Waals surface area (Å²) < 4.78 is 37.3. The van der Waals surface area contributed by atoms with Crippen molar-refractivity contribution in [2.24, 2.45) is 5.92 Å². The van der Waals surface area contributed by atoms with Crippen molar-refractivity contribution in [1.29, 1.82) is 0 Å². The Morgan fingerprint density at radius 1 is 0.932 bits per heavy atom. The van der Waals surface area contributed by atoms with E-state index >= 15 is 0 Å². The normalized spacial score (nSPS) is 17.5. The van der Waals surface area contributed by atoms with E-state index in [1.54, 1.807) is 13.0 Å². The third kappa shape index (κ3) is 7.29. The fourth-order valence-electron chi connectivity index (χ4n) is 6.20. The summed E-state index contributed by atoms with van der Waals surface area (Å²) in [7, 11) is -2.37. The van der Waals surface area contributed by atoms with Gasteiger partial charge in [-0.25, -0.2) is 0 Å². The van der Waals surface area contributed by atoms with Crippen LogP contribution in [-0.4, -0.2) is 43.5 Å². The molecule has 1 atom stereocenters. The van der Waals surface area contributed by atoms with Crippen molar-refractivity contribution in [3.63, 3.8) is 0 Å². The summed E-state index contributed by atoms with van der Waals surface area (Å²) in [6.07, 6.45) is 4.59. The molecular weight excluding hydrogens is 578 g/mol. The van der Waals surface area contributed by atoms with Crippen molar-refractivity contribution >= 4 is 16.6 Å². The second kappa shape index (κ2) is 13.1. The summed E-state index contributed by atoms with van der Waals surface area (Å²) in [6, 6.07) is 22.3. The number of carbonyl (C=O) groups is 1. The smallest absolute Gasteiger partial charge is 0.304 e. The predicted molar refractivity (Wildman–Crippen MR) is 171 cm³/mol. The molecule has 0 unspecified atom stereocenters. The lowest BCUT2D eigenvalue weighted by atomic mass is 9.92. The summed E-state index contributed by atoms with van der Waals surface area (Å²) in [5, 5.41) is 13.5. The Kier molecular flexibility index (Phi) is 8.98. The molecule has 6 rings (SSSR count). The maximum Gasteiger partial charge on any atom is 0.304 e. The molecule has 0 amide bonds. The van der Waals surface area contributed by atoms with Gasteiger partial charge in [0.2, 0.25) is 0 Å². The summed E-state index contributed by atoms with van der Waals surface area (Å²) in [5.74, 6) is 2.25. The molecule has 1 aromatic heterocycles. The quantitative estimate of drug-likeness (QED) is 0.164. The van der Waals surface area contributed by atoms with E-state index < -0.39 is 22.5 Å². The molecule has 8 nitrogen and oxygen atoms in total. The van der Waals surface area contributed by atoms with Gasteiger partial charge in [0.25, 0.3) is 0 Å². The minimum Gasteiger partial charge on any atom is -0.493 e. The van der Waals surface area contributed by atoms with Crippen LogP contribution in [-0.2, 0) is 24.2 Å². The number of hydrogen-bond donors (Lipinski definition) is 3. The van der Waals surface area contributed by atoms with Crippen LogP contribution in [0, 0.1) is 12.8 Å². The second-order valence-electron chi connectivity index (χ2n) is 12.0. The van der Waals surface area contributed by atoms with E-state index in [-0.39, 0.29) is 6.42 Å². The Bertz CT molecular complexity index is 1600. The molecule has 0 bridgehead atoms. The Hall–Kier alpha value is -3.79. The lowest BCUT2D eigenvalue weighted by molar-refractivity contribution is -0.137. The number of aromatic nitrogens is 1. The number of aryl methyl sites for hydroxylation is 3. The highest BCUT2D eigenvalue weighted by atomic mass is 32.3. The van der Waals surface area contributed by atoms with Gasteiger partial charge in [-0.15, -0.1) is 0 Å². The van der Waals surface area contributed by atoms with E-state index in [2.05, 4.69) is 35.5 Å². The number of hydrogen-bond acceptors (Lipinski definition) is 7. The van der Waals surface area contributed by atoms with Crippen LogP contribution in [0.5, 0.6) is 11.5 Å². The molecular formula is C35H39NO7S. The summed E-state index contributed by atoms with van der Waals surface area (Å²) in [5.41, 5.74) is 7.60. The van der Waals surface area contributed by atoms with Gasteiger partial charge in [0.1, 0.15) is 23.9 Å². The number of carboxylic acids is 1. The molecule has 0 spiro atoms. The van der Waals surface area contributed by atoms with Crippen LogP contribution in [0.25, 0.3) is 11.1 Å². The highest BCUT2D eigenvalue weighted by Gasteiger charge is 2.25. The second-order valence-corrected chi connectivity index (χ2v) is 14.4. The first-order valence-electron chi connectivity index (χ1n) is 15.2. The molecule has 4 aromatic rings. The van der Waals surface area contributed by atoms with Gasteiger partial charge in [-0.1, -0.05) is 35.5 Å². The Morgan fingerprint density at radius 3 is 2.41 bits per heavy atom. The zero-order chi connectivity index (χ0) is 30.7. The van der Waals surface area contributed by atoms with E-state index in [0.29, 0.717) is 47.8 Å². The molecule has 44 heavy (non-hydrogen) atoms. The molecule has 0 radical (unpaired) electrons. The number of nitrogens with zero attached hydrogens (tertiary/aromatic N) is 1. The zero-order valence-corrected chi connectivity index (χ0v) is 25.7. The van der Waals surface area contributed by atoms with Gasteiger partial charge >= 0.3 is 5.97 Å². The first-order chi connectivity index (χ1) is 21.2. The predicted octanol–water partition coefficient (Wildman–Crippen LogP) is 7.86. The van der Waals surface area contributed by atoms with Crippen LogP contribution in [0.4, 0.5) is 0 Å². The maximum atomic E-state index is 11.5. The molecule has 9 heteroatoms. The lowest BCUT2D eigenvalue weighted by Crippen LogP contribution is -2.24. The third-order valence-corrected chi connectivity index (χ3v) is 10.5. The van der Waals surface area contributed by atoms with Gasteiger partial charge in [-0.05, 0) is 109 Å². The third-order valence-electron chi connectivity index (χ3n) is 8.70.